The Kier molecular flexibility index (Phi) is 8.51. The standard InChI is InChI=1S/C17H27N3O13/c1-28-15-18-16(29-2)20-17(19-15)33-14-11(27)9(25)12(6(4-22)31-14)32-13-10(26)8(24)7(23)5(3-21)30-13/h5-14,21-27H,3-4H2,1-2H3/t5-,6-,7-,8+,9-,10-,11-,12-,13+,14+/m1/s1. The van der Waals surface area contributed by atoms with Gasteiger partial charge < -0.3 is 64.2 Å². The maximum atomic E-state index is 10.6. The first kappa shape index (κ1) is 25.6. The van der Waals surface area contributed by atoms with E-state index in [1.54, 1.807) is 0 Å². The summed E-state index contributed by atoms with van der Waals surface area (Å²) in [5, 5.41) is 70.0. The predicted molar refractivity (Wildman–Crippen MR) is 100.0 cm³/mol. The molecule has 16 nitrogen and oxygen atoms in total. The summed E-state index contributed by atoms with van der Waals surface area (Å²) in [4.78, 5) is 11.4. The van der Waals surface area contributed by atoms with E-state index >= 15 is 0 Å². The molecule has 3 heterocycles. The van der Waals surface area contributed by atoms with Gasteiger partial charge in [0.05, 0.1) is 27.4 Å². The van der Waals surface area contributed by atoms with Crippen LogP contribution in [0.25, 0.3) is 0 Å². The molecule has 10 atom stereocenters. The lowest BCUT2D eigenvalue weighted by atomic mass is 9.97. The third-order valence-electron chi connectivity index (χ3n) is 5.12. The Morgan fingerprint density at radius 3 is 1.73 bits per heavy atom. The van der Waals surface area contributed by atoms with E-state index in [4.69, 9.17) is 28.4 Å². The quantitative estimate of drug-likeness (QED) is 0.184. The second-order valence-corrected chi connectivity index (χ2v) is 7.21. The first-order valence-electron chi connectivity index (χ1n) is 9.83. The monoisotopic (exact) mass is 481 g/mol. The van der Waals surface area contributed by atoms with Gasteiger partial charge in [0.15, 0.2) is 6.29 Å². The van der Waals surface area contributed by atoms with Crippen LogP contribution in [0.4, 0.5) is 0 Å². The molecule has 0 aromatic carbocycles. The highest BCUT2D eigenvalue weighted by atomic mass is 16.7. The number of hydrogen-bond donors (Lipinski definition) is 7. The van der Waals surface area contributed by atoms with E-state index in [9.17, 15) is 35.7 Å². The minimum Gasteiger partial charge on any atom is -0.467 e. The molecule has 0 radical (unpaired) electrons. The van der Waals surface area contributed by atoms with Gasteiger partial charge >= 0.3 is 18.0 Å². The van der Waals surface area contributed by atoms with E-state index < -0.39 is 74.6 Å². The lowest BCUT2D eigenvalue weighted by Crippen LogP contribution is -2.65. The van der Waals surface area contributed by atoms with Crippen LogP contribution in [0.2, 0.25) is 0 Å². The number of aliphatic hydroxyl groups excluding tert-OH is 7. The molecule has 33 heavy (non-hydrogen) atoms. The molecule has 0 bridgehead atoms. The van der Waals surface area contributed by atoms with Gasteiger partial charge in [0.25, 0.3) is 0 Å². The molecule has 0 saturated carbocycles. The van der Waals surface area contributed by atoms with Crippen molar-refractivity contribution in [3.8, 4) is 18.0 Å². The predicted octanol–water partition coefficient (Wildman–Crippen LogP) is -5.11. The summed E-state index contributed by atoms with van der Waals surface area (Å²) in [6.45, 7) is -1.43. The van der Waals surface area contributed by atoms with Gasteiger partial charge in [-0.15, -0.1) is 15.0 Å². The normalized spacial score (nSPS) is 39.2. The minimum absolute atomic E-state index is 0.162. The Bertz CT molecular complexity index is 749. The van der Waals surface area contributed by atoms with Crippen molar-refractivity contribution in [2.45, 2.75) is 61.4 Å². The largest absolute Gasteiger partial charge is 0.467 e. The van der Waals surface area contributed by atoms with E-state index in [0.717, 1.165) is 0 Å². The Hall–Kier alpha value is -1.99. The Balaban J connectivity index is 1.74. The maximum Gasteiger partial charge on any atom is 0.328 e. The highest BCUT2D eigenvalue weighted by Gasteiger charge is 2.51. The molecule has 1 aromatic rings. The van der Waals surface area contributed by atoms with Crippen LogP contribution in [-0.4, -0.2) is 140 Å². The summed E-state index contributed by atoms with van der Waals surface area (Å²) in [7, 11) is 2.58. The summed E-state index contributed by atoms with van der Waals surface area (Å²) in [5.41, 5.74) is 0. The van der Waals surface area contributed by atoms with E-state index in [0.29, 0.717) is 0 Å². The van der Waals surface area contributed by atoms with Gasteiger partial charge in [0, 0.05) is 0 Å². The number of methoxy groups -OCH3 is 2. The van der Waals surface area contributed by atoms with Crippen molar-refractivity contribution in [1.29, 1.82) is 0 Å². The molecule has 2 aliphatic heterocycles. The second-order valence-electron chi connectivity index (χ2n) is 7.21. The molecular weight excluding hydrogens is 454 g/mol. The summed E-state index contributed by atoms with van der Waals surface area (Å²) >= 11 is 0. The smallest absolute Gasteiger partial charge is 0.328 e. The minimum atomic E-state index is -1.77. The SMILES string of the molecule is COc1nc(OC)nc(O[C@@H]2O[C@H](CO)[C@@H](O[C@@H]3O[C@H](CO)[C@@H](O)[C@H](O)[C@H]3O)[C@H](O)[C@H]2O)n1. The van der Waals surface area contributed by atoms with Gasteiger partial charge in [0.2, 0.25) is 6.29 Å². The van der Waals surface area contributed by atoms with E-state index in [-0.39, 0.29) is 18.0 Å². The molecule has 1 aromatic heterocycles. The molecule has 188 valence electrons. The Labute approximate surface area is 186 Å². The first-order valence-corrected chi connectivity index (χ1v) is 9.83. The van der Waals surface area contributed by atoms with Crippen molar-refractivity contribution in [2.24, 2.45) is 0 Å². The van der Waals surface area contributed by atoms with Gasteiger partial charge in [-0.3, -0.25) is 0 Å². The number of ether oxygens (including phenoxy) is 6. The summed E-state index contributed by atoms with van der Waals surface area (Å²) in [6, 6.07) is -0.699. The summed E-state index contributed by atoms with van der Waals surface area (Å²) in [6.07, 6.45) is -15.9. The van der Waals surface area contributed by atoms with Crippen molar-refractivity contribution in [1.82, 2.24) is 15.0 Å². The Morgan fingerprint density at radius 2 is 1.18 bits per heavy atom. The number of aromatic nitrogens is 3. The molecule has 2 fully saturated rings. The molecule has 2 aliphatic rings. The average Bonchev–Trinajstić information content (AvgIpc) is 2.83. The van der Waals surface area contributed by atoms with Crippen LogP contribution in [0.15, 0.2) is 0 Å². The van der Waals surface area contributed by atoms with Crippen molar-refractivity contribution in [3.05, 3.63) is 0 Å². The molecule has 7 N–H and O–H groups in total. The van der Waals surface area contributed by atoms with Gasteiger partial charge in [0.1, 0.15) is 48.8 Å². The van der Waals surface area contributed by atoms with Crippen LogP contribution in [0.5, 0.6) is 18.0 Å². The molecule has 3 rings (SSSR count). The lowest BCUT2D eigenvalue weighted by Gasteiger charge is -2.45. The fraction of sp³-hybridized carbons (Fsp3) is 0.824. The van der Waals surface area contributed by atoms with Gasteiger partial charge in [-0.2, -0.15) is 0 Å². The van der Waals surface area contributed by atoms with Crippen LogP contribution in [-0.2, 0) is 14.2 Å². The maximum absolute atomic E-state index is 10.6. The van der Waals surface area contributed by atoms with Crippen LogP contribution >= 0.6 is 0 Å². The van der Waals surface area contributed by atoms with E-state index in [2.05, 4.69) is 15.0 Å². The zero-order valence-electron chi connectivity index (χ0n) is 17.6. The zero-order chi connectivity index (χ0) is 24.3. The molecule has 16 heteroatoms. The molecule has 0 amide bonds. The molecule has 0 aliphatic carbocycles. The molecular formula is C17H27N3O13. The number of hydrogen-bond acceptors (Lipinski definition) is 16. The Morgan fingerprint density at radius 1 is 0.667 bits per heavy atom. The van der Waals surface area contributed by atoms with Crippen LogP contribution in [0.1, 0.15) is 0 Å². The third-order valence-corrected chi connectivity index (χ3v) is 5.12. The highest BCUT2D eigenvalue weighted by Crippen LogP contribution is 2.30. The van der Waals surface area contributed by atoms with Crippen LogP contribution < -0.4 is 14.2 Å². The molecule has 2 saturated heterocycles. The van der Waals surface area contributed by atoms with Gasteiger partial charge in [-0.25, -0.2) is 0 Å². The fourth-order valence-electron chi connectivity index (χ4n) is 3.31. The van der Waals surface area contributed by atoms with Crippen molar-refractivity contribution < 1.29 is 64.2 Å². The summed E-state index contributed by atoms with van der Waals surface area (Å²) < 4.78 is 31.3. The lowest BCUT2D eigenvalue weighted by molar-refractivity contribution is -0.352. The average molecular weight is 481 g/mol. The van der Waals surface area contributed by atoms with Crippen LogP contribution in [0.3, 0.4) is 0 Å². The highest BCUT2D eigenvalue weighted by molar-refractivity contribution is 5.09. The molecule has 0 unspecified atom stereocenters. The van der Waals surface area contributed by atoms with Crippen LogP contribution in [0, 0.1) is 0 Å². The zero-order valence-corrected chi connectivity index (χ0v) is 17.6. The third kappa shape index (κ3) is 5.40. The number of nitrogens with zero attached hydrogens (tertiary/aromatic N) is 3. The van der Waals surface area contributed by atoms with Crippen molar-refractivity contribution in [2.75, 3.05) is 27.4 Å². The van der Waals surface area contributed by atoms with Crippen molar-refractivity contribution in [3.63, 3.8) is 0 Å². The van der Waals surface area contributed by atoms with Crippen molar-refractivity contribution >= 4 is 0 Å². The second kappa shape index (κ2) is 11.0. The number of rotatable bonds is 8. The summed E-state index contributed by atoms with van der Waals surface area (Å²) in [5.74, 6) is 0. The van der Waals surface area contributed by atoms with E-state index in [1.165, 1.54) is 14.2 Å². The number of aliphatic hydroxyl groups is 7. The topological polar surface area (TPSA) is 236 Å². The first-order chi connectivity index (χ1) is 15.7. The van der Waals surface area contributed by atoms with Gasteiger partial charge in [-0.05, 0) is 0 Å². The van der Waals surface area contributed by atoms with E-state index in [1.807, 2.05) is 0 Å². The van der Waals surface area contributed by atoms with Gasteiger partial charge in [-0.1, -0.05) is 0 Å². The molecule has 0 spiro atoms. The fourth-order valence-corrected chi connectivity index (χ4v) is 3.31.